The van der Waals surface area contributed by atoms with E-state index in [2.05, 4.69) is 56.4 Å². The van der Waals surface area contributed by atoms with Crippen molar-refractivity contribution in [3.63, 3.8) is 0 Å². The average Bonchev–Trinajstić information content (AvgIpc) is 2.84. The molecule has 2 unspecified atom stereocenters. The first-order chi connectivity index (χ1) is 9.15. The molecule has 1 heterocycles. The van der Waals surface area contributed by atoms with E-state index in [1.807, 2.05) is 11.8 Å². The molecule has 2 atom stereocenters. The lowest BCUT2D eigenvalue weighted by Gasteiger charge is -2.12. The van der Waals surface area contributed by atoms with Gasteiger partial charge in [0.1, 0.15) is 0 Å². The van der Waals surface area contributed by atoms with E-state index in [1.165, 1.54) is 12.0 Å². The van der Waals surface area contributed by atoms with Crippen molar-refractivity contribution in [2.45, 2.75) is 39.2 Å². The summed E-state index contributed by atoms with van der Waals surface area (Å²) in [6, 6.07) is 11.2. The lowest BCUT2D eigenvalue weighted by molar-refractivity contribution is 0.502. The van der Waals surface area contributed by atoms with Gasteiger partial charge in [-0.1, -0.05) is 62.9 Å². The summed E-state index contributed by atoms with van der Waals surface area (Å²) in [6.45, 7) is 7.66. The van der Waals surface area contributed by atoms with Gasteiger partial charge in [0, 0.05) is 24.3 Å². The molecule has 1 saturated heterocycles. The maximum absolute atomic E-state index is 4.73. The molecule has 0 amide bonds. The van der Waals surface area contributed by atoms with Crippen molar-refractivity contribution in [2.75, 3.05) is 12.3 Å². The fraction of sp³-hybridized carbons (Fsp3) is 0.562. The van der Waals surface area contributed by atoms with Gasteiger partial charge in [0.2, 0.25) is 0 Å². The standard InChI is InChI=1S/C16H24N2S/c1-12(2)9-15-11-19-16(18-15)17-10-13(3)14-7-5-4-6-8-14/h4-8,12-13,15H,9-11H2,1-3H3,(H,17,18). The van der Waals surface area contributed by atoms with E-state index in [0.29, 0.717) is 12.0 Å². The third-order valence-corrected chi connectivity index (χ3v) is 4.47. The van der Waals surface area contributed by atoms with Crippen molar-refractivity contribution in [1.29, 1.82) is 0 Å². The van der Waals surface area contributed by atoms with Crippen LogP contribution in [-0.4, -0.2) is 23.5 Å². The Labute approximate surface area is 121 Å². The van der Waals surface area contributed by atoms with Gasteiger partial charge in [-0.3, -0.25) is 4.99 Å². The second kappa shape index (κ2) is 6.99. The summed E-state index contributed by atoms with van der Waals surface area (Å²) < 4.78 is 0. The lowest BCUT2D eigenvalue weighted by atomic mass is 10.0. The first kappa shape index (κ1) is 14.4. The van der Waals surface area contributed by atoms with Gasteiger partial charge in [-0.2, -0.15) is 0 Å². The van der Waals surface area contributed by atoms with Gasteiger partial charge in [-0.15, -0.1) is 0 Å². The zero-order chi connectivity index (χ0) is 13.7. The van der Waals surface area contributed by atoms with Crippen LogP contribution in [0, 0.1) is 5.92 Å². The van der Waals surface area contributed by atoms with Crippen molar-refractivity contribution in [2.24, 2.45) is 10.9 Å². The Hall–Kier alpha value is -0.960. The molecule has 0 bridgehead atoms. The van der Waals surface area contributed by atoms with Gasteiger partial charge >= 0.3 is 0 Å². The Balaban J connectivity index is 1.83. The first-order valence-corrected chi connectivity index (χ1v) is 8.12. The minimum Gasteiger partial charge on any atom is -0.361 e. The highest BCUT2D eigenvalue weighted by Crippen LogP contribution is 2.20. The average molecular weight is 276 g/mol. The largest absolute Gasteiger partial charge is 0.361 e. The molecule has 0 aromatic heterocycles. The molecule has 1 fully saturated rings. The molecule has 1 aromatic carbocycles. The van der Waals surface area contributed by atoms with Crippen LogP contribution in [0.2, 0.25) is 0 Å². The van der Waals surface area contributed by atoms with E-state index in [1.54, 1.807) is 0 Å². The predicted octanol–water partition coefficient (Wildman–Crippen LogP) is 3.90. The number of nitrogens with zero attached hydrogens (tertiary/aromatic N) is 1. The van der Waals surface area contributed by atoms with Gasteiger partial charge in [0.05, 0.1) is 0 Å². The molecule has 0 radical (unpaired) electrons. The molecule has 2 rings (SSSR count). The summed E-state index contributed by atoms with van der Waals surface area (Å²) in [5.74, 6) is 2.40. The minimum absolute atomic E-state index is 0.486. The van der Waals surface area contributed by atoms with Crippen LogP contribution in [0.4, 0.5) is 0 Å². The SMILES string of the molecule is CC(C)CC1CSC(=NCC(C)c2ccccc2)N1. The highest BCUT2D eigenvalue weighted by atomic mass is 32.2. The summed E-state index contributed by atoms with van der Waals surface area (Å²) in [4.78, 5) is 4.73. The number of nitrogens with one attached hydrogen (secondary N) is 1. The van der Waals surface area contributed by atoms with Crippen molar-refractivity contribution < 1.29 is 0 Å². The first-order valence-electron chi connectivity index (χ1n) is 7.14. The third kappa shape index (κ3) is 4.57. The quantitative estimate of drug-likeness (QED) is 0.882. The molecule has 1 aromatic rings. The van der Waals surface area contributed by atoms with Crippen LogP contribution in [0.3, 0.4) is 0 Å². The van der Waals surface area contributed by atoms with Crippen molar-refractivity contribution >= 4 is 16.9 Å². The Kier molecular flexibility index (Phi) is 5.32. The van der Waals surface area contributed by atoms with Crippen LogP contribution in [-0.2, 0) is 0 Å². The molecule has 0 saturated carbocycles. The summed E-state index contributed by atoms with van der Waals surface area (Å²) in [6.07, 6.45) is 1.24. The summed E-state index contributed by atoms with van der Waals surface area (Å²) >= 11 is 1.87. The Bertz CT molecular complexity index is 414. The second-order valence-corrected chi connectivity index (χ2v) is 6.75. The van der Waals surface area contributed by atoms with Crippen molar-refractivity contribution in [3.05, 3.63) is 35.9 Å². The van der Waals surface area contributed by atoms with E-state index in [0.717, 1.165) is 23.4 Å². The number of thioether (sulfide) groups is 1. The molecule has 1 aliphatic rings. The summed E-state index contributed by atoms with van der Waals surface area (Å²) in [5.41, 5.74) is 1.37. The monoisotopic (exact) mass is 276 g/mol. The molecule has 104 valence electrons. The highest BCUT2D eigenvalue weighted by Gasteiger charge is 2.20. The maximum Gasteiger partial charge on any atom is 0.156 e. The zero-order valence-corrected chi connectivity index (χ0v) is 12.9. The Morgan fingerprint density at radius 3 is 2.68 bits per heavy atom. The molecule has 0 aliphatic carbocycles. The molecular weight excluding hydrogens is 252 g/mol. The van der Waals surface area contributed by atoms with Crippen LogP contribution in [0.5, 0.6) is 0 Å². The number of benzene rings is 1. The van der Waals surface area contributed by atoms with E-state index in [9.17, 15) is 0 Å². The van der Waals surface area contributed by atoms with E-state index >= 15 is 0 Å². The van der Waals surface area contributed by atoms with E-state index in [-0.39, 0.29) is 0 Å². The van der Waals surface area contributed by atoms with Crippen LogP contribution in [0.1, 0.15) is 38.7 Å². The summed E-state index contributed by atoms with van der Waals surface area (Å²) in [7, 11) is 0. The fourth-order valence-corrected chi connectivity index (χ4v) is 3.33. The number of rotatable bonds is 5. The Morgan fingerprint density at radius 2 is 2.00 bits per heavy atom. The van der Waals surface area contributed by atoms with E-state index in [4.69, 9.17) is 4.99 Å². The molecule has 2 nitrogen and oxygen atoms in total. The smallest absolute Gasteiger partial charge is 0.156 e. The zero-order valence-electron chi connectivity index (χ0n) is 12.1. The van der Waals surface area contributed by atoms with Gasteiger partial charge in [-0.25, -0.2) is 0 Å². The van der Waals surface area contributed by atoms with Crippen LogP contribution in [0.15, 0.2) is 35.3 Å². The van der Waals surface area contributed by atoms with Crippen LogP contribution in [0.25, 0.3) is 0 Å². The molecule has 3 heteroatoms. The number of hydrogen-bond donors (Lipinski definition) is 1. The Morgan fingerprint density at radius 1 is 1.26 bits per heavy atom. The molecule has 1 N–H and O–H groups in total. The minimum atomic E-state index is 0.486. The molecular formula is C16H24N2S. The fourth-order valence-electron chi connectivity index (χ4n) is 2.33. The van der Waals surface area contributed by atoms with Crippen LogP contribution < -0.4 is 5.32 Å². The normalized spacial score (nSPS) is 22.7. The second-order valence-electron chi connectivity index (χ2n) is 5.74. The molecule has 0 spiro atoms. The van der Waals surface area contributed by atoms with Gasteiger partial charge in [0.25, 0.3) is 0 Å². The van der Waals surface area contributed by atoms with Gasteiger partial charge in [-0.05, 0) is 17.9 Å². The molecule has 1 aliphatic heterocycles. The van der Waals surface area contributed by atoms with Crippen LogP contribution >= 0.6 is 11.8 Å². The topological polar surface area (TPSA) is 24.4 Å². The van der Waals surface area contributed by atoms with Gasteiger partial charge < -0.3 is 5.32 Å². The number of aliphatic imine (C=N–C) groups is 1. The number of amidine groups is 1. The third-order valence-electron chi connectivity index (χ3n) is 3.38. The summed E-state index contributed by atoms with van der Waals surface area (Å²) in [5, 5.41) is 4.67. The van der Waals surface area contributed by atoms with Crippen molar-refractivity contribution in [1.82, 2.24) is 5.32 Å². The van der Waals surface area contributed by atoms with Crippen molar-refractivity contribution in [3.8, 4) is 0 Å². The number of hydrogen-bond acceptors (Lipinski definition) is 2. The highest BCUT2D eigenvalue weighted by molar-refractivity contribution is 8.14. The lowest BCUT2D eigenvalue weighted by Crippen LogP contribution is -2.28. The maximum atomic E-state index is 4.73. The molecule has 19 heavy (non-hydrogen) atoms. The van der Waals surface area contributed by atoms with E-state index < -0.39 is 0 Å². The van der Waals surface area contributed by atoms with Gasteiger partial charge in [0.15, 0.2) is 5.17 Å². The predicted molar refractivity (Wildman–Crippen MR) is 86.0 cm³/mol.